The average Bonchev–Trinajstić information content (AvgIpc) is 2.72. The number of H-pyrrole nitrogens is 1. The number of fused-ring (bicyclic) bond motifs is 2. The first-order chi connectivity index (χ1) is 15.1. The molecule has 0 spiro atoms. The van der Waals surface area contributed by atoms with Gasteiger partial charge in [0.15, 0.2) is 6.29 Å². The van der Waals surface area contributed by atoms with Gasteiger partial charge in [-0.1, -0.05) is 24.3 Å². The van der Waals surface area contributed by atoms with Crippen LogP contribution in [0.1, 0.15) is 54.7 Å². The van der Waals surface area contributed by atoms with Crippen LogP contribution < -0.4 is 15.6 Å². The number of rotatable bonds is 3. The number of aryl methyl sites for hydroxylation is 2. The summed E-state index contributed by atoms with van der Waals surface area (Å²) < 4.78 is 45.2. The molecule has 2 N–H and O–H groups in total. The lowest BCUT2D eigenvalue weighted by molar-refractivity contribution is -0.141. The van der Waals surface area contributed by atoms with Crippen LogP contribution in [-0.2, 0) is 6.18 Å². The van der Waals surface area contributed by atoms with Gasteiger partial charge in [0.1, 0.15) is 22.8 Å². The lowest BCUT2D eigenvalue weighted by Crippen LogP contribution is -2.36. The third-order valence-electron chi connectivity index (χ3n) is 5.27. The summed E-state index contributed by atoms with van der Waals surface area (Å²) in [5.41, 5.74) is -1.14. The Kier molecular flexibility index (Phi) is 5.12. The van der Waals surface area contributed by atoms with Crippen LogP contribution in [0.2, 0.25) is 0 Å². The number of carbonyl (C=O) groups is 2. The molecule has 0 radical (unpaired) electrons. The molecular weight excluding hydrogens is 425 g/mol. The van der Waals surface area contributed by atoms with Gasteiger partial charge in [0.2, 0.25) is 0 Å². The maximum absolute atomic E-state index is 13.1. The number of hydrogen-bond acceptors (Lipinski definition) is 4. The molecule has 0 aliphatic carbocycles. The molecule has 9 heteroatoms. The van der Waals surface area contributed by atoms with E-state index in [0.717, 1.165) is 11.1 Å². The summed E-state index contributed by atoms with van der Waals surface area (Å²) in [5, 5.41) is 2.72. The Labute approximate surface area is 180 Å². The summed E-state index contributed by atoms with van der Waals surface area (Å²) in [4.78, 5) is 38.1. The highest BCUT2D eigenvalue weighted by atomic mass is 19.4. The number of ether oxygens (including phenoxy) is 1. The van der Waals surface area contributed by atoms with Gasteiger partial charge in [0, 0.05) is 16.7 Å². The van der Waals surface area contributed by atoms with E-state index in [9.17, 15) is 27.6 Å². The summed E-state index contributed by atoms with van der Waals surface area (Å²) in [7, 11) is 0. The molecular formula is C23H17F3N2O4. The van der Waals surface area contributed by atoms with Crippen molar-refractivity contribution in [2.75, 3.05) is 0 Å². The van der Waals surface area contributed by atoms with Crippen molar-refractivity contribution in [3.8, 4) is 11.5 Å². The third kappa shape index (κ3) is 3.66. The number of aromatic nitrogens is 1. The molecule has 1 aromatic heterocycles. The Morgan fingerprint density at radius 1 is 1.12 bits per heavy atom. The van der Waals surface area contributed by atoms with E-state index < -0.39 is 40.5 Å². The Hall–Kier alpha value is -3.88. The van der Waals surface area contributed by atoms with E-state index in [1.807, 2.05) is 26.0 Å². The normalized spacial score (nSPS) is 14.7. The van der Waals surface area contributed by atoms with E-state index >= 15 is 0 Å². The first kappa shape index (κ1) is 21.4. The standard InChI is InChI=1S/C23H17F3N2O4/c1-11-6-7-14-17(8-11)32-16-5-3-4-12(2)18(16)19(14)27-21(30)15-9-13(10-29)20(23(24,25)26)28-22(15)31/h3-10,19H,1-2H3,(H,27,30)(H,28,31). The minimum absolute atomic E-state index is 0.0540. The number of nitrogens with one attached hydrogen (secondary N) is 2. The lowest BCUT2D eigenvalue weighted by atomic mass is 9.90. The van der Waals surface area contributed by atoms with Crippen molar-refractivity contribution in [1.82, 2.24) is 10.3 Å². The number of amides is 1. The van der Waals surface area contributed by atoms with E-state index in [0.29, 0.717) is 28.7 Å². The summed E-state index contributed by atoms with van der Waals surface area (Å²) in [6.07, 6.45) is -5.00. The minimum atomic E-state index is -4.95. The largest absolute Gasteiger partial charge is 0.457 e. The molecule has 4 rings (SSSR count). The molecule has 2 heterocycles. The van der Waals surface area contributed by atoms with Crippen LogP contribution in [0.15, 0.2) is 47.3 Å². The highest BCUT2D eigenvalue weighted by molar-refractivity contribution is 5.96. The molecule has 0 bridgehead atoms. The summed E-state index contributed by atoms with van der Waals surface area (Å²) in [5.74, 6) is 0.113. The van der Waals surface area contributed by atoms with Crippen LogP contribution in [-0.4, -0.2) is 17.2 Å². The molecule has 1 unspecified atom stereocenters. The number of benzene rings is 2. The fourth-order valence-corrected chi connectivity index (χ4v) is 3.76. The van der Waals surface area contributed by atoms with Gasteiger partial charge in [0.25, 0.3) is 11.5 Å². The number of aldehydes is 1. The highest BCUT2D eigenvalue weighted by Crippen LogP contribution is 2.44. The van der Waals surface area contributed by atoms with Gasteiger partial charge >= 0.3 is 6.18 Å². The van der Waals surface area contributed by atoms with Gasteiger partial charge in [0.05, 0.1) is 6.04 Å². The predicted molar refractivity (Wildman–Crippen MR) is 109 cm³/mol. The number of carbonyl (C=O) groups excluding carboxylic acids is 2. The lowest BCUT2D eigenvalue weighted by Gasteiger charge is -2.30. The van der Waals surface area contributed by atoms with Crippen LogP contribution in [0.4, 0.5) is 13.2 Å². The van der Waals surface area contributed by atoms with Gasteiger partial charge in [-0.15, -0.1) is 0 Å². The molecule has 0 fully saturated rings. The van der Waals surface area contributed by atoms with E-state index in [1.54, 1.807) is 29.2 Å². The molecule has 1 aliphatic heterocycles. The minimum Gasteiger partial charge on any atom is -0.457 e. The second kappa shape index (κ2) is 7.67. The maximum atomic E-state index is 13.1. The van der Waals surface area contributed by atoms with Crippen molar-refractivity contribution in [2.45, 2.75) is 26.1 Å². The van der Waals surface area contributed by atoms with Crippen molar-refractivity contribution < 1.29 is 27.5 Å². The molecule has 0 saturated carbocycles. The van der Waals surface area contributed by atoms with Crippen LogP contribution in [0.25, 0.3) is 0 Å². The number of alkyl halides is 3. The molecule has 0 saturated heterocycles. The van der Waals surface area contributed by atoms with E-state index in [1.165, 1.54) is 0 Å². The topological polar surface area (TPSA) is 88.3 Å². The van der Waals surface area contributed by atoms with Gasteiger partial charge < -0.3 is 15.0 Å². The quantitative estimate of drug-likeness (QED) is 0.587. The highest BCUT2D eigenvalue weighted by Gasteiger charge is 2.36. The molecule has 2 aromatic carbocycles. The third-order valence-corrected chi connectivity index (χ3v) is 5.27. The maximum Gasteiger partial charge on any atom is 0.432 e. The molecule has 3 aromatic rings. The Morgan fingerprint density at radius 3 is 2.56 bits per heavy atom. The SMILES string of the molecule is Cc1ccc2c(c1)Oc1cccc(C)c1C2NC(=O)c1cc(C=O)c(C(F)(F)F)[nH]c1=O. The van der Waals surface area contributed by atoms with Gasteiger partial charge in [-0.05, 0) is 43.2 Å². The average molecular weight is 442 g/mol. The van der Waals surface area contributed by atoms with Crippen LogP contribution >= 0.6 is 0 Å². The number of aromatic amines is 1. The first-order valence-electron chi connectivity index (χ1n) is 9.58. The van der Waals surface area contributed by atoms with Crippen molar-refractivity contribution in [3.05, 3.63) is 91.9 Å². The smallest absolute Gasteiger partial charge is 0.432 e. The van der Waals surface area contributed by atoms with E-state index in [4.69, 9.17) is 4.74 Å². The first-order valence-corrected chi connectivity index (χ1v) is 9.58. The van der Waals surface area contributed by atoms with Crippen molar-refractivity contribution >= 4 is 12.2 Å². The molecule has 1 atom stereocenters. The van der Waals surface area contributed by atoms with E-state index in [2.05, 4.69) is 5.32 Å². The molecule has 1 aliphatic rings. The number of halogens is 3. The van der Waals surface area contributed by atoms with Crippen LogP contribution in [0, 0.1) is 13.8 Å². The molecule has 32 heavy (non-hydrogen) atoms. The Morgan fingerprint density at radius 2 is 1.88 bits per heavy atom. The van der Waals surface area contributed by atoms with Crippen molar-refractivity contribution in [1.29, 1.82) is 0 Å². The van der Waals surface area contributed by atoms with Gasteiger partial charge in [-0.2, -0.15) is 13.2 Å². The van der Waals surface area contributed by atoms with Crippen molar-refractivity contribution in [2.24, 2.45) is 0 Å². The van der Waals surface area contributed by atoms with Crippen LogP contribution in [0.3, 0.4) is 0 Å². The van der Waals surface area contributed by atoms with Crippen LogP contribution in [0.5, 0.6) is 11.5 Å². The fourth-order valence-electron chi connectivity index (χ4n) is 3.76. The Bertz CT molecular complexity index is 1310. The fraction of sp³-hybridized carbons (Fsp3) is 0.174. The number of hydrogen-bond donors (Lipinski definition) is 2. The predicted octanol–water partition coefficient (Wildman–Crippen LogP) is 4.45. The molecule has 164 valence electrons. The zero-order valence-electron chi connectivity index (χ0n) is 17.0. The van der Waals surface area contributed by atoms with Gasteiger partial charge in [-0.25, -0.2) is 0 Å². The monoisotopic (exact) mass is 442 g/mol. The second-order valence-corrected chi connectivity index (χ2v) is 7.49. The zero-order valence-corrected chi connectivity index (χ0v) is 17.0. The van der Waals surface area contributed by atoms with Gasteiger partial charge in [-0.3, -0.25) is 14.4 Å². The zero-order chi connectivity index (χ0) is 23.2. The summed E-state index contributed by atoms with van der Waals surface area (Å²) in [6.45, 7) is 3.71. The van der Waals surface area contributed by atoms with E-state index in [-0.39, 0.29) is 6.29 Å². The molecule has 6 nitrogen and oxygen atoms in total. The van der Waals surface area contributed by atoms with Crippen molar-refractivity contribution in [3.63, 3.8) is 0 Å². The Balaban J connectivity index is 1.80. The summed E-state index contributed by atoms with van der Waals surface area (Å²) >= 11 is 0. The second-order valence-electron chi connectivity index (χ2n) is 7.49. The summed E-state index contributed by atoms with van der Waals surface area (Å²) in [6, 6.07) is 10.7. The molecule has 1 amide bonds. The number of pyridine rings is 1.